The number of para-hydroxylation sites is 1. The van der Waals surface area contributed by atoms with Crippen molar-refractivity contribution in [3.63, 3.8) is 0 Å². The summed E-state index contributed by atoms with van der Waals surface area (Å²) in [6.07, 6.45) is 1.93. The van der Waals surface area contributed by atoms with Gasteiger partial charge >= 0.3 is 0 Å². The number of nitrogens with zero attached hydrogens (tertiary/aromatic N) is 1. The van der Waals surface area contributed by atoms with Crippen LogP contribution in [0.25, 0.3) is 21.8 Å². The molecular weight excluding hydrogens is 333 g/mol. The van der Waals surface area contributed by atoms with Gasteiger partial charge < -0.3 is 15.6 Å². The Morgan fingerprint density at radius 1 is 1.35 bits per heavy atom. The second kappa shape index (κ2) is 5.98. The molecule has 4 rings (SSSR count). The van der Waals surface area contributed by atoms with E-state index in [0.717, 1.165) is 10.9 Å². The average molecular weight is 351 g/mol. The number of halogens is 1. The molecular formula is C20H18FN3O2. The molecule has 26 heavy (non-hydrogen) atoms. The Morgan fingerprint density at radius 2 is 2.12 bits per heavy atom. The van der Waals surface area contributed by atoms with Crippen molar-refractivity contribution in [2.75, 3.05) is 13.1 Å². The summed E-state index contributed by atoms with van der Waals surface area (Å²) in [5, 5.41) is 1.51. The molecule has 2 aromatic carbocycles. The van der Waals surface area contributed by atoms with Gasteiger partial charge in [-0.2, -0.15) is 0 Å². The van der Waals surface area contributed by atoms with Crippen molar-refractivity contribution >= 4 is 33.6 Å². The maximum absolute atomic E-state index is 15.1. The van der Waals surface area contributed by atoms with Crippen LogP contribution in [0.15, 0.2) is 43.0 Å². The number of amides is 2. The van der Waals surface area contributed by atoms with Gasteiger partial charge in [-0.15, -0.1) is 0 Å². The Hall–Kier alpha value is -3.15. The fraction of sp³-hybridized carbons (Fsp3) is 0.200. The summed E-state index contributed by atoms with van der Waals surface area (Å²) in [7, 11) is 0. The minimum absolute atomic E-state index is 0.134. The van der Waals surface area contributed by atoms with E-state index in [-0.39, 0.29) is 17.4 Å². The van der Waals surface area contributed by atoms with Crippen LogP contribution in [0, 0.1) is 5.82 Å². The fourth-order valence-electron chi connectivity index (χ4n) is 3.94. The number of rotatable bonds is 3. The van der Waals surface area contributed by atoms with E-state index in [9.17, 15) is 9.59 Å². The number of benzene rings is 2. The Labute approximate surface area is 149 Å². The van der Waals surface area contributed by atoms with Gasteiger partial charge in [0.2, 0.25) is 5.91 Å². The summed E-state index contributed by atoms with van der Waals surface area (Å²) in [5.74, 6) is -1.45. The third kappa shape index (κ3) is 2.37. The molecule has 0 spiro atoms. The Morgan fingerprint density at radius 3 is 2.85 bits per heavy atom. The highest BCUT2D eigenvalue weighted by atomic mass is 19.1. The van der Waals surface area contributed by atoms with Gasteiger partial charge in [-0.1, -0.05) is 24.8 Å². The molecule has 0 aliphatic carbocycles. The number of primary amides is 1. The number of nitrogens with two attached hydrogens (primary N) is 1. The summed E-state index contributed by atoms with van der Waals surface area (Å²) in [4.78, 5) is 28.6. The van der Waals surface area contributed by atoms with Gasteiger partial charge in [-0.3, -0.25) is 9.59 Å². The maximum Gasteiger partial charge on any atom is 0.250 e. The molecule has 1 aromatic heterocycles. The smallest absolute Gasteiger partial charge is 0.250 e. The number of carbonyl (C=O) groups excluding carboxylic acids is 2. The first-order valence-corrected chi connectivity index (χ1v) is 8.45. The largest absolute Gasteiger partial charge is 0.366 e. The molecule has 2 amide bonds. The van der Waals surface area contributed by atoms with Crippen LogP contribution in [-0.4, -0.2) is 34.8 Å². The van der Waals surface area contributed by atoms with Gasteiger partial charge in [0.25, 0.3) is 5.91 Å². The van der Waals surface area contributed by atoms with Gasteiger partial charge in [0.1, 0.15) is 5.82 Å². The van der Waals surface area contributed by atoms with Crippen molar-refractivity contribution in [1.29, 1.82) is 0 Å². The third-order valence-electron chi connectivity index (χ3n) is 5.12. The SMILES string of the molecule is C=CC(=O)N1CC[C@H](c2c(F)cc(C(N)=O)c3[nH]c4ccccc4c23)C1. The third-order valence-corrected chi connectivity index (χ3v) is 5.12. The van der Waals surface area contributed by atoms with Gasteiger partial charge in [0.15, 0.2) is 0 Å². The van der Waals surface area contributed by atoms with Crippen molar-refractivity contribution in [2.24, 2.45) is 5.73 Å². The summed E-state index contributed by atoms with van der Waals surface area (Å²) in [6, 6.07) is 8.72. The normalized spacial score (nSPS) is 17.1. The number of nitrogens with one attached hydrogen (secondary N) is 1. The van der Waals surface area contributed by atoms with E-state index < -0.39 is 11.7 Å². The zero-order valence-corrected chi connectivity index (χ0v) is 14.1. The van der Waals surface area contributed by atoms with E-state index in [1.807, 2.05) is 24.3 Å². The van der Waals surface area contributed by atoms with Gasteiger partial charge in [0, 0.05) is 40.9 Å². The molecule has 0 bridgehead atoms. The van der Waals surface area contributed by atoms with E-state index in [1.165, 1.54) is 12.1 Å². The number of carbonyl (C=O) groups is 2. The van der Waals surface area contributed by atoms with Crippen molar-refractivity contribution in [1.82, 2.24) is 9.88 Å². The Bertz CT molecular complexity index is 1070. The zero-order chi connectivity index (χ0) is 18.4. The van der Waals surface area contributed by atoms with Crippen LogP contribution in [0.3, 0.4) is 0 Å². The molecule has 132 valence electrons. The van der Waals surface area contributed by atoms with Crippen LogP contribution in [0.2, 0.25) is 0 Å². The molecule has 1 saturated heterocycles. The first kappa shape index (κ1) is 16.3. The zero-order valence-electron chi connectivity index (χ0n) is 14.1. The minimum atomic E-state index is -0.679. The van der Waals surface area contributed by atoms with Crippen molar-refractivity contribution in [2.45, 2.75) is 12.3 Å². The molecule has 0 unspecified atom stereocenters. The summed E-state index contributed by atoms with van der Waals surface area (Å²) < 4.78 is 15.1. The number of fused-ring (bicyclic) bond motifs is 3. The minimum Gasteiger partial charge on any atom is -0.366 e. The maximum atomic E-state index is 15.1. The van der Waals surface area contributed by atoms with Crippen molar-refractivity contribution in [3.8, 4) is 0 Å². The summed E-state index contributed by atoms with van der Waals surface area (Å²) in [6.45, 7) is 4.49. The highest BCUT2D eigenvalue weighted by Crippen LogP contribution is 2.39. The highest BCUT2D eigenvalue weighted by molar-refractivity contribution is 6.16. The number of likely N-dealkylation sites (tertiary alicyclic amines) is 1. The van der Waals surface area contributed by atoms with Crippen LogP contribution < -0.4 is 5.73 Å². The van der Waals surface area contributed by atoms with E-state index in [0.29, 0.717) is 36.0 Å². The lowest BCUT2D eigenvalue weighted by molar-refractivity contribution is -0.125. The quantitative estimate of drug-likeness (QED) is 0.711. The standard InChI is InChI=1S/C20H18FN3O2/c1-2-16(25)24-8-7-11(10-24)17-14(21)9-13(20(22)26)19-18(17)12-5-3-4-6-15(12)23-19/h2-6,9,11,23H,1,7-8,10H2,(H2,22,26)/t11-/m0/s1. The predicted octanol–water partition coefficient (Wildman–Crippen LogP) is 3.06. The van der Waals surface area contributed by atoms with E-state index >= 15 is 4.39 Å². The molecule has 3 N–H and O–H groups in total. The van der Waals surface area contributed by atoms with Crippen LogP contribution in [0.5, 0.6) is 0 Å². The lowest BCUT2D eigenvalue weighted by atomic mass is 9.91. The molecule has 1 aliphatic rings. The lowest BCUT2D eigenvalue weighted by Crippen LogP contribution is -2.26. The Balaban J connectivity index is 1.96. The lowest BCUT2D eigenvalue weighted by Gasteiger charge is -2.17. The van der Waals surface area contributed by atoms with Gasteiger partial charge in [0.05, 0.1) is 11.1 Å². The van der Waals surface area contributed by atoms with Crippen LogP contribution in [0.1, 0.15) is 28.3 Å². The average Bonchev–Trinajstić information content (AvgIpc) is 3.25. The second-order valence-corrected chi connectivity index (χ2v) is 6.58. The predicted molar refractivity (Wildman–Crippen MR) is 98.4 cm³/mol. The number of H-pyrrole nitrogens is 1. The molecule has 5 nitrogen and oxygen atoms in total. The highest BCUT2D eigenvalue weighted by Gasteiger charge is 2.31. The van der Waals surface area contributed by atoms with Crippen LogP contribution in [0.4, 0.5) is 4.39 Å². The molecule has 3 aromatic rings. The number of hydrogen-bond donors (Lipinski definition) is 2. The van der Waals surface area contributed by atoms with Gasteiger partial charge in [-0.25, -0.2) is 4.39 Å². The van der Waals surface area contributed by atoms with Crippen LogP contribution >= 0.6 is 0 Å². The molecule has 1 fully saturated rings. The summed E-state index contributed by atoms with van der Waals surface area (Å²) in [5.41, 5.74) is 7.49. The van der Waals surface area contributed by atoms with E-state index in [1.54, 1.807) is 4.90 Å². The van der Waals surface area contributed by atoms with E-state index in [2.05, 4.69) is 11.6 Å². The topological polar surface area (TPSA) is 79.2 Å². The van der Waals surface area contributed by atoms with Crippen molar-refractivity contribution < 1.29 is 14.0 Å². The molecule has 0 saturated carbocycles. The first-order chi connectivity index (χ1) is 12.5. The first-order valence-electron chi connectivity index (χ1n) is 8.45. The number of aromatic amines is 1. The number of hydrogen-bond acceptors (Lipinski definition) is 2. The van der Waals surface area contributed by atoms with E-state index in [4.69, 9.17) is 5.73 Å². The fourth-order valence-corrected chi connectivity index (χ4v) is 3.94. The second-order valence-electron chi connectivity index (χ2n) is 6.58. The molecule has 0 radical (unpaired) electrons. The monoisotopic (exact) mass is 351 g/mol. The Kier molecular flexibility index (Phi) is 3.76. The van der Waals surface area contributed by atoms with Crippen LogP contribution in [-0.2, 0) is 4.79 Å². The van der Waals surface area contributed by atoms with Crippen molar-refractivity contribution in [3.05, 3.63) is 59.9 Å². The molecule has 6 heteroatoms. The van der Waals surface area contributed by atoms with Gasteiger partial charge in [-0.05, 0) is 24.6 Å². The molecule has 1 atom stereocenters. The molecule has 2 heterocycles. The molecule has 1 aliphatic heterocycles. The number of aromatic nitrogens is 1. The summed E-state index contributed by atoms with van der Waals surface area (Å²) >= 11 is 0.